The molecular formula is C16H17ClN2. The Balaban J connectivity index is 2.55. The summed E-state index contributed by atoms with van der Waals surface area (Å²) in [5, 5.41) is 0.726. The lowest BCUT2D eigenvalue weighted by molar-refractivity contribution is 1.34. The SMILES string of the molecule is C/N=C(/c1ccc(Cl)cc1)c1cc(C)c(N)cc1C. The zero-order chi connectivity index (χ0) is 14.0. The molecule has 2 nitrogen and oxygen atoms in total. The smallest absolute Gasteiger partial charge is 0.0718 e. The monoisotopic (exact) mass is 272 g/mol. The number of halogens is 1. The minimum absolute atomic E-state index is 0.726. The third kappa shape index (κ3) is 2.79. The number of benzene rings is 2. The Hall–Kier alpha value is -1.80. The van der Waals surface area contributed by atoms with Gasteiger partial charge in [-0.25, -0.2) is 0 Å². The molecule has 2 aromatic rings. The number of hydrogen-bond acceptors (Lipinski definition) is 2. The van der Waals surface area contributed by atoms with Crippen LogP contribution in [0.15, 0.2) is 41.4 Å². The van der Waals surface area contributed by atoms with E-state index in [9.17, 15) is 0 Å². The van der Waals surface area contributed by atoms with E-state index >= 15 is 0 Å². The predicted octanol–water partition coefficient (Wildman–Crippen LogP) is 4.01. The van der Waals surface area contributed by atoms with Crippen LogP contribution in [0.25, 0.3) is 0 Å². The van der Waals surface area contributed by atoms with Crippen LogP contribution in [0.4, 0.5) is 5.69 Å². The molecule has 0 aliphatic rings. The highest BCUT2D eigenvalue weighted by Gasteiger charge is 2.10. The third-order valence-corrected chi connectivity index (χ3v) is 3.46. The summed E-state index contributed by atoms with van der Waals surface area (Å²) in [7, 11) is 1.80. The average Bonchev–Trinajstić information content (AvgIpc) is 2.38. The number of anilines is 1. The lowest BCUT2D eigenvalue weighted by Gasteiger charge is -2.12. The summed E-state index contributed by atoms with van der Waals surface area (Å²) in [6.07, 6.45) is 0. The minimum atomic E-state index is 0.726. The van der Waals surface area contributed by atoms with E-state index in [2.05, 4.69) is 11.1 Å². The fourth-order valence-electron chi connectivity index (χ4n) is 2.11. The molecule has 0 heterocycles. The number of rotatable bonds is 2. The molecule has 2 aromatic carbocycles. The van der Waals surface area contributed by atoms with Crippen LogP contribution < -0.4 is 5.73 Å². The molecule has 0 saturated heterocycles. The van der Waals surface area contributed by atoms with Crippen LogP contribution in [-0.4, -0.2) is 12.8 Å². The average molecular weight is 273 g/mol. The van der Waals surface area contributed by atoms with Crippen LogP contribution in [0.1, 0.15) is 22.3 Å². The molecule has 19 heavy (non-hydrogen) atoms. The second kappa shape index (κ2) is 5.45. The van der Waals surface area contributed by atoms with Gasteiger partial charge in [-0.05, 0) is 49.2 Å². The summed E-state index contributed by atoms with van der Waals surface area (Å²) in [4.78, 5) is 4.42. The molecule has 0 amide bonds. The highest BCUT2D eigenvalue weighted by Crippen LogP contribution is 2.22. The van der Waals surface area contributed by atoms with Crippen LogP contribution in [0.3, 0.4) is 0 Å². The Morgan fingerprint density at radius 1 is 1.05 bits per heavy atom. The summed E-state index contributed by atoms with van der Waals surface area (Å²) in [6, 6.07) is 11.8. The highest BCUT2D eigenvalue weighted by molar-refractivity contribution is 6.30. The van der Waals surface area contributed by atoms with Crippen molar-refractivity contribution in [1.82, 2.24) is 0 Å². The van der Waals surface area contributed by atoms with Crippen LogP contribution in [-0.2, 0) is 0 Å². The molecule has 0 aromatic heterocycles. The summed E-state index contributed by atoms with van der Waals surface area (Å²) in [5.41, 5.74) is 12.1. The van der Waals surface area contributed by atoms with Gasteiger partial charge in [-0.1, -0.05) is 23.7 Å². The number of hydrogen-bond donors (Lipinski definition) is 1. The van der Waals surface area contributed by atoms with Crippen molar-refractivity contribution in [3.63, 3.8) is 0 Å². The first kappa shape index (κ1) is 13.6. The molecule has 0 saturated carbocycles. The minimum Gasteiger partial charge on any atom is -0.399 e. The summed E-state index contributed by atoms with van der Waals surface area (Å²) >= 11 is 5.93. The van der Waals surface area contributed by atoms with Gasteiger partial charge < -0.3 is 5.73 Å². The van der Waals surface area contributed by atoms with Crippen molar-refractivity contribution in [3.05, 3.63) is 63.7 Å². The second-order valence-electron chi connectivity index (χ2n) is 4.60. The quantitative estimate of drug-likeness (QED) is 0.651. The van der Waals surface area contributed by atoms with E-state index < -0.39 is 0 Å². The Labute approximate surface area is 118 Å². The molecule has 3 heteroatoms. The highest BCUT2D eigenvalue weighted by atomic mass is 35.5. The van der Waals surface area contributed by atoms with Gasteiger partial charge in [-0.3, -0.25) is 4.99 Å². The largest absolute Gasteiger partial charge is 0.399 e. The number of nitrogen functional groups attached to an aromatic ring is 1. The third-order valence-electron chi connectivity index (χ3n) is 3.21. The first-order valence-corrected chi connectivity index (χ1v) is 6.50. The van der Waals surface area contributed by atoms with Gasteiger partial charge in [-0.15, -0.1) is 0 Å². The first-order valence-electron chi connectivity index (χ1n) is 6.12. The fourth-order valence-corrected chi connectivity index (χ4v) is 2.23. The van der Waals surface area contributed by atoms with Crippen LogP contribution in [0.5, 0.6) is 0 Å². The molecule has 0 aliphatic carbocycles. The van der Waals surface area contributed by atoms with Gasteiger partial charge in [0.05, 0.1) is 5.71 Å². The van der Waals surface area contributed by atoms with Crippen molar-refractivity contribution < 1.29 is 0 Å². The maximum Gasteiger partial charge on any atom is 0.0718 e. The van der Waals surface area contributed by atoms with Crippen LogP contribution >= 0.6 is 11.6 Å². The number of aliphatic imine (C=N–C) groups is 1. The summed E-state index contributed by atoms with van der Waals surface area (Å²) in [6.45, 7) is 4.06. The van der Waals surface area contributed by atoms with E-state index in [1.807, 2.05) is 44.2 Å². The molecule has 2 N–H and O–H groups in total. The molecular weight excluding hydrogens is 256 g/mol. The predicted molar refractivity (Wildman–Crippen MR) is 83.3 cm³/mol. The number of aryl methyl sites for hydroxylation is 2. The van der Waals surface area contributed by atoms with Gasteiger partial charge in [0.2, 0.25) is 0 Å². The van der Waals surface area contributed by atoms with Gasteiger partial charge in [0.25, 0.3) is 0 Å². The molecule has 0 atom stereocenters. The number of nitrogens with two attached hydrogens (primary N) is 1. The van der Waals surface area contributed by atoms with Crippen molar-refractivity contribution in [2.45, 2.75) is 13.8 Å². The summed E-state index contributed by atoms with van der Waals surface area (Å²) < 4.78 is 0. The van der Waals surface area contributed by atoms with E-state index in [-0.39, 0.29) is 0 Å². The van der Waals surface area contributed by atoms with Crippen molar-refractivity contribution in [2.24, 2.45) is 4.99 Å². The van der Waals surface area contributed by atoms with Gasteiger partial charge in [0, 0.05) is 28.9 Å². The molecule has 0 radical (unpaired) electrons. The Kier molecular flexibility index (Phi) is 3.91. The van der Waals surface area contributed by atoms with E-state index in [1.54, 1.807) is 7.05 Å². The lowest BCUT2D eigenvalue weighted by Crippen LogP contribution is -2.07. The molecule has 98 valence electrons. The standard InChI is InChI=1S/C16H17ClN2/c1-10-9-15(18)11(2)8-14(10)16(19-3)12-4-6-13(17)7-5-12/h4-9H,18H2,1-3H3/b19-16-. The topological polar surface area (TPSA) is 38.4 Å². The molecule has 0 unspecified atom stereocenters. The lowest BCUT2D eigenvalue weighted by atomic mass is 9.95. The Morgan fingerprint density at radius 2 is 1.68 bits per heavy atom. The zero-order valence-electron chi connectivity index (χ0n) is 11.4. The van der Waals surface area contributed by atoms with Crippen molar-refractivity contribution >= 4 is 23.0 Å². The van der Waals surface area contributed by atoms with Gasteiger partial charge in [0.15, 0.2) is 0 Å². The van der Waals surface area contributed by atoms with E-state index in [1.165, 1.54) is 0 Å². The Morgan fingerprint density at radius 3 is 2.26 bits per heavy atom. The maximum absolute atomic E-state index is 5.93. The normalized spacial score (nSPS) is 11.7. The molecule has 2 rings (SSSR count). The second-order valence-corrected chi connectivity index (χ2v) is 5.04. The molecule has 0 fully saturated rings. The summed E-state index contributed by atoms with van der Waals surface area (Å²) in [5.74, 6) is 0. The van der Waals surface area contributed by atoms with E-state index in [0.29, 0.717) is 0 Å². The van der Waals surface area contributed by atoms with Crippen molar-refractivity contribution in [3.8, 4) is 0 Å². The zero-order valence-corrected chi connectivity index (χ0v) is 12.1. The van der Waals surface area contributed by atoms with Gasteiger partial charge in [0.1, 0.15) is 0 Å². The first-order chi connectivity index (χ1) is 9.02. The van der Waals surface area contributed by atoms with Crippen LogP contribution in [0.2, 0.25) is 5.02 Å². The molecule has 0 spiro atoms. The maximum atomic E-state index is 5.93. The Bertz CT molecular complexity index is 628. The molecule has 0 aliphatic heterocycles. The van der Waals surface area contributed by atoms with Gasteiger partial charge in [-0.2, -0.15) is 0 Å². The fraction of sp³-hybridized carbons (Fsp3) is 0.188. The van der Waals surface area contributed by atoms with E-state index in [4.69, 9.17) is 17.3 Å². The van der Waals surface area contributed by atoms with Gasteiger partial charge >= 0.3 is 0 Å². The number of nitrogens with zero attached hydrogens (tertiary/aromatic N) is 1. The van der Waals surface area contributed by atoms with Crippen molar-refractivity contribution in [2.75, 3.05) is 12.8 Å². The van der Waals surface area contributed by atoms with E-state index in [0.717, 1.165) is 38.7 Å². The molecule has 0 bridgehead atoms. The van der Waals surface area contributed by atoms with Crippen molar-refractivity contribution in [1.29, 1.82) is 0 Å². The van der Waals surface area contributed by atoms with Crippen LogP contribution in [0, 0.1) is 13.8 Å².